The number of nitrogens with zero attached hydrogens (tertiary/aromatic N) is 2. The molecule has 1 saturated heterocycles. The number of halogens is 5. The summed E-state index contributed by atoms with van der Waals surface area (Å²) in [6.07, 6.45) is 1.28. The fourth-order valence-electron chi connectivity index (χ4n) is 4.83. The maximum Gasteiger partial charge on any atom is 0.248 e. The van der Waals surface area contributed by atoms with Crippen LogP contribution >= 0.6 is 35.6 Å². The van der Waals surface area contributed by atoms with Crippen molar-refractivity contribution in [2.45, 2.75) is 63.3 Å². The second-order valence-electron chi connectivity index (χ2n) is 8.83. The molecule has 2 fully saturated rings. The molecule has 5 nitrogen and oxygen atoms in total. The maximum absolute atomic E-state index is 14.0. The van der Waals surface area contributed by atoms with E-state index < -0.39 is 21.5 Å². The van der Waals surface area contributed by atoms with Crippen LogP contribution in [-0.2, 0) is 10.0 Å². The van der Waals surface area contributed by atoms with Gasteiger partial charge < -0.3 is 0 Å². The van der Waals surface area contributed by atoms with E-state index in [1.807, 2.05) is 6.92 Å². The van der Waals surface area contributed by atoms with Gasteiger partial charge in [0, 0.05) is 61.6 Å². The van der Waals surface area contributed by atoms with Crippen molar-refractivity contribution in [2.24, 2.45) is 0 Å². The zero-order valence-electron chi connectivity index (χ0n) is 18.7. The molecule has 0 bridgehead atoms. The highest BCUT2D eigenvalue weighted by atomic mass is 35.5. The summed E-state index contributed by atoms with van der Waals surface area (Å²) in [5.41, 5.74) is -0.167. The molecule has 0 unspecified atom stereocenters. The van der Waals surface area contributed by atoms with Gasteiger partial charge in [0.05, 0.1) is 10.8 Å². The zero-order valence-corrected chi connectivity index (χ0v) is 21.8. The van der Waals surface area contributed by atoms with Crippen molar-refractivity contribution in [3.63, 3.8) is 0 Å². The van der Waals surface area contributed by atoms with E-state index in [0.29, 0.717) is 49.6 Å². The predicted octanol–water partition coefficient (Wildman–Crippen LogP) is 5.68. The van der Waals surface area contributed by atoms with Crippen molar-refractivity contribution < 1.29 is 22.0 Å². The largest absolute Gasteiger partial charge is 0.295 e. The number of ketones is 1. The molecule has 1 aromatic rings. The molecule has 1 heterocycles. The van der Waals surface area contributed by atoms with Crippen molar-refractivity contribution in [3.05, 3.63) is 33.8 Å². The summed E-state index contributed by atoms with van der Waals surface area (Å²) < 4.78 is 54.2. The van der Waals surface area contributed by atoms with Gasteiger partial charge in [-0.2, -0.15) is 4.31 Å². The minimum Gasteiger partial charge on any atom is -0.295 e. The SMILES string of the molecule is CCCS(=O)(=O)N1CCN(C2(CCC(=O)c3ccc(Cl)cc3Cl)CCC(F)(F)CC2)CC1.Cl. The molecule has 3 rings (SSSR count). The van der Waals surface area contributed by atoms with Gasteiger partial charge >= 0.3 is 0 Å². The summed E-state index contributed by atoms with van der Waals surface area (Å²) in [6.45, 7) is 3.47. The summed E-state index contributed by atoms with van der Waals surface area (Å²) in [5.74, 6) is -2.73. The Morgan fingerprint density at radius 1 is 1.06 bits per heavy atom. The van der Waals surface area contributed by atoms with E-state index >= 15 is 0 Å². The standard InChI is InChI=1S/C22H30Cl2F2N2O3S.ClH/c1-2-15-32(30,31)28-13-11-27(12-14-28)21(7-9-22(25,26)10-8-21)6-5-20(29)18-4-3-17(23)16-19(18)24;/h3-4,16H,2,5-15H2,1H3;1H. The third-order valence-corrected chi connectivity index (χ3v) is 9.35. The van der Waals surface area contributed by atoms with Gasteiger partial charge in [-0.1, -0.05) is 30.1 Å². The van der Waals surface area contributed by atoms with Gasteiger partial charge in [-0.25, -0.2) is 17.2 Å². The number of carbonyl (C=O) groups excluding carboxylic acids is 1. The molecule has 0 atom stereocenters. The van der Waals surface area contributed by atoms with Crippen LogP contribution in [0.3, 0.4) is 0 Å². The van der Waals surface area contributed by atoms with Gasteiger partial charge in [-0.05, 0) is 43.9 Å². The lowest BCUT2D eigenvalue weighted by Crippen LogP contribution is -2.60. The smallest absolute Gasteiger partial charge is 0.248 e. The number of hydrogen-bond donors (Lipinski definition) is 0. The van der Waals surface area contributed by atoms with Crippen LogP contribution in [-0.4, -0.2) is 66.8 Å². The molecule has 0 spiro atoms. The number of piperazine rings is 1. The minimum absolute atomic E-state index is 0. The van der Waals surface area contributed by atoms with E-state index in [2.05, 4.69) is 4.90 Å². The Morgan fingerprint density at radius 2 is 1.67 bits per heavy atom. The molecule has 0 N–H and O–H groups in total. The van der Waals surface area contributed by atoms with Crippen molar-refractivity contribution in [1.29, 1.82) is 0 Å². The normalized spacial score (nSPS) is 21.4. The van der Waals surface area contributed by atoms with Crippen molar-refractivity contribution in [1.82, 2.24) is 9.21 Å². The molecule has 1 aromatic carbocycles. The fraction of sp³-hybridized carbons (Fsp3) is 0.682. The number of benzene rings is 1. The number of carbonyl (C=O) groups is 1. The molecule has 33 heavy (non-hydrogen) atoms. The molecule has 0 radical (unpaired) electrons. The Bertz CT molecular complexity index is 929. The van der Waals surface area contributed by atoms with Crippen LogP contribution in [0, 0.1) is 0 Å². The lowest BCUT2D eigenvalue weighted by atomic mass is 9.74. The van der Waals surface area contributed by atoms with Crippen LogP contribution < -0.4 is 0 Å². The first-order chi connectivity index (χ1) is 15.0. The van der Waals surface area contributed by atoms with Crippen LogP contribution in [0.15, 0.2) is 18.2 Å². The summed E-state index contributed by atoms with van der Waals surface area (Å²) >= 11 is 12.1. The Hall–Kier alpha value is -0.510. The third kappa shape index (κ3) is 7.01. The van der Waals surface area contributed by atoms with Crippen LogP contribution in [0.1, 0.15) is 62.2 Å². The second kappa shape index (κ2) is 11.5. The Balaban J connectivity index is 0.00000385. The Labute approximate surface area is 211 Å². The molecular formula is C22H31Cl3F2N2O3S. The summed E-state index contributed by atoms with van der Waals surface area (Å²) in [4.78, 5) is 15.0. The van der Waals surface area contributed by atoms with Crippen LogP contribution in [0.2, 0.25) is 10.0 Å². The number of Topliss-reactive ketones (excluding diaryl/α,β-unsaturated/α-hetero) is 1. The molecule has 1 aliphatic carbocycles. The van der Waals surface area contributed by atoms with Crippen molar-refractivity contribution in [2.75, 3.05) is 31.9 Å². The van der Waals surface area contributed by atoms with Crippen LogP contribution in [0.5, 0.6) is 0 Å². The number of hydrogen-bond acceptors (Lipinski definition) is 4. The molecule has 1 saturated carbocycles. The molecule has 1 aliphatic heterocycles. The van der Waals surface area contributed by atoms with E-state index in [1.165, 1.54) is 10.4 Å². The zero-order chi connectivity index (χ0) is 23.6. The molecular weight excluding hydrogens is 517 g/mol. The number of alkyl halides is 2. The van der Waals surface area contributed by atoms with Gasteiger partial charge in [0.25, 0.3) is 0 Å². The number of sulfonamides is 1. The number of rotatable bonds is 8. The highest BCUT2D eigenvalue weighted by Crippen LogP contribution is 2.44. The minimum atomic E-state index is -3.29. The lowest BCUT2D eigenvalue weighted by Gasteiger charge is -2.51. The Morgan fingerprint density at radius 3 is 2.21 bits per heavy atom. The third-order valence-electron chi connectivity index (χ3n) is 6.73. The van der Waals surface area contributed by atoms with Crippen molar-refractivity contribution >= 4 is 51.4 Å². The summed E-state index contributed by atoms with van der Waals surface area (Å²) in [5, 5.41) is 0.718. The first kappa shape index (κ1) is 28.7. The molecule has 11 heteroatoms. The van der Waals surface area contributed by atoms with Gasteiger partial charge in [0.1, 0.15) is 0 Å². The van der Waals surface area contributed by atoms with E-state index in [4.69, 9.17) is 23.2 Å². The first-order valence-electron chi connectivity index (χ1n) is 11.1. The first-order valence-corrected chi connectivity index (χ1v) is 13.4. The molecule has 0 aromatic heterocycles. The quantitative estimate of drug-likeness (QED) is 0.393. The van der Waals surface area contributed by atoms with Gasteiger partial charge in [-0.15, -0.1) is 12.4 Å². The van der Waals surface area contributed by atoms with Gasteiger partial charge in [-0.3, -0.25) is 9.69 Å². The summed E-state index contributed by atoms with van der Waals surface area (Å²) in [7, 11) is -3.29. The van der Waals surface area contributed by atoms with E-state index in [0.717, 1.165) is 0 Å². The topological polar surface area (TPSA) is 57.7 Å². The molecule has 2 aliphatic rings. The van der Waals surface area contributed by atoms with Crippen LogP contribution in [0.4, 0.5) is 8.78 Å². The van der Waals surface area contributed by atoms with E-state index in [9.17, 15) is 22.0 Å². The maximum atomic E-state index is 14.0. The Kier molecular flexibility index (Phi) is 10.00. The van der Waals surface area contributed by atoms with Crippen molar-refractivity contribution in [3.8, 4) is 0 Å². The average Bonchev–Trinajstić information content (AvgIpc) is 2.73. The van der Waals surface area contributed by atoms with E-state index in [-0.39, 0.29) is 61.1 Å². The van der Waals surface area contributed by atoms with Gasteiger partial charge in [0.15, 0.2) is 5.78 Å². The highest BCUT2D eigenvalue weighted by Gasteiger charge is 2.47. The lowest BCUT2D eigenvalue weighted by molar-refractivity contribution is -0.0891. The van der Waals surface area contributed by atoms with Crippen LogP contribution in [0.25, 0.3) is 0 Å². The van der Waals surface area contributed by atoms with Gasteiger partial charge in [0.2, 0.25) is 15.9 Å². The highest BCUT2D eigenvalue weighted by molar-refractivity contribution is 7.89. The second-order valence-corrected chi connectivity index (χ2v) is 11.8. The monoisotopic (exact) mass is 546 g/mol. The van der Waals surface area contributed by atoms with E-state index in [1.54, 1.807) is 12.1 Å². The fourth-order valence-corrected chi connectivity index (χ4v) is 6.84. The molecule has 0 amide bonds. The average molecular weight is 548 g/mol. The molecule has 188 valence electrons. The predicted molar refractivity (Wildman–Crippen MR) is 131 cm³/mol. The summed E-state index contributed by atoms with van der Waals surface area (Å²) in [6, 6.07) is 4.71.